The molecule has 0 aliphatic carbocycles. The van der Waals surface area contributed by atoms with Gasteiger partial charge in [0.15, 0.2) is 0 Å². The summed E-state index contributed by atoms with van der Waals surface area (Å²) in [5.41, 5.74) is 1.07. The van der Waals surface area contributed by atoms with Gasteiger partial charge in [-0.2, -0.15) is 0 Å². The Morgan fingerprint density at radius 3 is 2.66 bits per heavy atom. The molecule has 3 rings (SSSR count). The molecule has 3 aromatic rings. The second-order valence-electron chi connectivity index (χ2n) is 7.37. The lowest BCUT2D eigenvalue weighted by Gasteiger charge is -2.31. The number of benzene rings is 2. The molecule has 4 N–H and O–H groups in total. The minimum absolute atomic E-state index is 0.204. The molecule has 0 radical (unpaired) electrons. The van der Waals surface area contributed by atoms with Crippen molar-refractivity contribution >= 4 is 28.3 Å². The lowest BCUT2D eigenvalue weighted by atomic mass is 10.0. The lowest BCUT2D eigenvalue weighted by molar-refractivity contribution is -0.127. The lowest BCUT2D eigenvalue weighted by Crippen LogP contribution is -2.53. The molecular weight excluding hydrogens is 372 g/mol. The molecule has 29 heavy (non-hydrogen) atoms. The van der Waals surface area contributed by atoms with Gasteiger partial charge in [-0.05, 0) is 56.7 Å². The summed E-state index contributed by atoms with van der Waals surface area (Å²) in [6.45, 7) is 6.51. The molecule has 0 saturated carbocycles. The van der Waals surface area contributed by atoms with Crippen LogP contribution in [0.2, 0.25) is 0 Å². The number of nitrogens with zero attached hydrogens (tertiary/aromatic N) is 2. The monoisotopic (exact) mass is 396 g/mol. The minimum Gasteiger partial charge on any atom is -0.508 e. The van der Waals surface area contributed by atoms with Crippen molar-refractivity contribution in [2.75, 3.05) is 5.32 Å². The number of phenols is 1. The molecule has 0 aliphatic rings. The molecule has 1 atom stereocenters. The molecule has 0 bridgehead atoms. The number of aromatic nitrogens is 2. The normalized spacial score (nSPS) is 12.4. The molecule has 0 fully saturated rings. The average molecular weight is 396 g/mol. The molecule has 1 aromatic heterocycles. The number of aryl methyl sites for hydroxylation is 1. The van der Waals surface area contributed by atoms with Gasteiger partial charge in [-0.25, -0.2) is 9.97 Å². The standard InChI is InChI=1S/C21H24N4O4/c1-12-10-14(8-9-16(12)27)24-19-18-15(22-11-23-19)6-5-7-17(18)29-20(28)21(3,4)25-13(2)26/h5-11,20,27-28H,1-4H3,(H,25,26)(H,22,23,24). The van der Waals surface area contributed by atoms with Crippen molar-refractivity contribution in [3.63, 3.8) is 0 Å². The first-order valence-electron chi connectivity index (χ1n) is 9.11. The number of ether oxygens (including phenoxy) is 1. The van der Waals surface area contributed by atoms with E-state index in [9.17, 15) is 15.0 Å². The number of fused-ring (bicyclic) bond motifs is 1. The number of hydrogen-bond donors (Lipinski definition) is 4. The van der Waals surface area contributed by atoms with Gasteiger partial charge < -0.3 is 25.6 Å². The maximum atomic E-state index is 11.4. The van der Waals surface area contributed by atoms with Gasteiger partial charge >= 0.3 is 0 Å². The number of phenolic OH excluding ortho intramolecular Hbond substituents is 1. The van der Waals surface area contributed by atoms with Gasteiger partial charge in [0.25, 0.3) is 0 Å². The van der Waals surface area contributed by atoms with Crippen LogP contribution < -0.4 is 15.4 Å². The molecule has 1 amide bonds. The third-order valence-corrected chi connectivity index (χ3v) is 4.44. The van der Waals surface area contributed by atoms with Crippen LogP contribution in [0.15, 0.2) is 42.7 Å². The van der Waals surface area contributed by atoms with Gasteiger partial charge in [0, 0.05) is 12.6 Å². The Hall–Kier alpha value is -3.39. The summed E-state index contributed by atoms with van der Waals surface area (Å²) in [7, 11) is 0. The van der Waals surface area contributed by atoms with Crippen molar-refractivity contribution in [2.24, 2.45) is 0 Å². The van der Waals surface area contributed by atoms with Gasteiger partial charge in [0.2, 0.25) is 12.2 Å². The van der Waals surface area contributed by atoms with E-state index in [1.54, 1.807) is 51.1 Å². The van der Waals surface area contributed by atoms with Gasteiger partial charge in [0.1, 0.15) is 23.6 Å². The van der Waals surface area contributed by atoms with E-state index < -0.39 is 11.8 Å². The van der Waals surface area contributed by atoms with Gasteiger partial charge in [-0.3, -0.25) is 4.79 Å². The molecule has 0 aliphatic heterocycles. The molecule has 1 unspecified atom stereocenters. The highest BCUT2D eigenvalue weighted by Crippen LogP contribution is 2.33. The molecule has 0 spiro atoms. The van der Waals surface area contributed by atoms with Crippen molar-refractivity contribution in [3.8, 4) is 11.5 Å². The zero-order valence-electron chi connectivity index (χ0n) is 16.7. The highest BCUT2D eigenvalue weighted by Gasteiger charge is 2.31. The summed E-state index contributed by atoms with van der Waals surface area (Å²) in [4.78, 5) is 20.0. The number of hydrogen-bond acceptors (Lipinski definition) is 7. The maximum Gasteiger partial charge on any atom is 0.220 e. The molecule has 8 nitrogen and oxygen atoms in total. The number of aromatic hydroxyl groups is 1. The molecule has 152 valence electrons. The van der Waals surface area contributed by atoms with Crippen LogP contribution in [0.4, 0.5) is 11.5 Å². The molecule has 1 heterocycles. The summed E-state index contributed by atoms with van der Waals surface area (Å²) >= 11 is 0. The zero-order chi connectivity index (χ0) is 21.2. The summed E-state index contributed by atoms with van der Waals surface area (Å²) in [5.74, 6) is 0.784. The van der Waals surface area contributed by atoms with E-state index in [1.165, 1.54) is 13.3 Å². The Morgan fingerprint density at radius 1 is 1.21 bits per heavy atom. The number of anilines is 2. The van der Waals surface area contributed by atoms with Crippen molar-refractivity contribution in [2.45, 2.75) is 39.5 Å². The number of nitrogens with one attached hydrogen (secondary N) is 2. The van der Waals surface area contributed by atoms with Crippen molar-refractivity contribution in [1.29, 1.82) is 0 Å². The van der Waals surface area contributed by atoms with E-state index >= 15 is 0 Å². The van der Waals surface area contributed by atoms with E-state index in [0.717, 1.165) is 11.3 Å². The van der Waals surface area contributed by atoms with Crippen LogP contribution in [0.5, 0.6) is 11.5 Å². The number of carbonyl (C=O) groups excluding carboxylic acids is 1. The first kappa shape index (κ1) is 20.3. The average Bonchev–Trinajstić information content (AvgIpc) is 2.64. The highest BCUT2D eigenvalue weighted by molar-refractivity contribution is 5.95. The Bertz CT molecular complexity index is 1050. The second kappa shape index (κ2) is 7.92. The number of amides is 1. The fraction of sp³-hybridized carbons (Fsp3) is 0.286. The Labute approximate surface area is 168 Å². The van der Waals surface area contributed by atoms with Gasteiger partial charge in [0.05, 0.1) is 16.4 Å². The Kier molecular flexibility index (Phi) is 5.56. The van der Waals surface area contributed by atoms with Crippen LogP contribution in [0.3, 0.4) is 0 Å². The summed E-state index contributed by atoms with van der Waals surface area (Å²) in [5, 5.41) is 26.7. The van der Waals surface area contributed by atoms with E-state index in [4.69, 9.17) is 4.74 Å². The van der Waals surface area contributed by atoms with E-state index in [2.05, 4.69) is 20.6 Å². The third-order valence-electron chi connectivity index (χ3n) is 4.44. The van der Waals surface area contributed by atoms with Crippen LogP contribution in [0.1, 0.15) is 26.3 Å². The number of carbonyl (C=O) groups is 1. The number of aliphatic hydroxyl groups excluding tert-OH is 1. The summed E-state index contributed by atoms with van der Waals surface area (Å²) < 4.78 is 5.80. The predicted octanol–water partition coefficient (Wildman–Crippen LogP) is 3.00. The van der Waals surface area contributed by atoms with Crippen LogP contribution in [-0.2, 0) is 4.79 Å². The Morgan fingerprint density at radius 2 is 1.97 bits per heavy atom. The summed E-state index contributed by atoms with van der Waals surface area (Å²) in [6, 6.07) is 10.4. The van der Waals surface area contributed by atoms with Crippen LogP contribution in [0.25, 0.3) is 10.9 Å². The van der Waals surface area contributed by atoms with Crippen molar-refractivity contribution < 1.29 is 19.7 Å². The van der Waals surface area contributed by atoms with E-state index in [0.29, 0.717) is 22.5 Å². The van der Waals surface area contributed by atoms with Crippen molar-refractivity contribution in [1.82, 2.24) is 15.3 Å². The topological polar surface area (TPSA) is 117 Å². The van der Waals surface area contributed by atoms with E-state index in [1.807, 2.05) is 6.07 Å². The maximum absolute atomic E-state index is 11.4. The van der Waals surface area contributed by atoms with Gasteiger partial charge in [-0.15, -0.1) is 0 Å². The van der Waals surface area contributed by atoms with Crippen LogP contribution >= 0.6 is 0 Å². The fourth-order valence-corrected chi connectivity index (χ4v) is 2.92. The fourth-order valence-electron chi connectivity index (χ4n) is 2.92. The molecular formula is C21H24N4O4. The first-order valence-corrected chi connectivity index (χ1v) is 9.11. The van der Waals surface area contributed by atoms with Crippen LogP contribution in [-0.4, -0.2) is 37.9 Å². The molecule has 2 aromatic carbocycles. The number of aliphatic hydroxyl groups is 1. The second-order valence-corrected chi connectivity index (χ2v) is 7.37. The summed E-state index contributed by atoms with van der Waals surface area (Å²) in [6.07, 6.45) is 0.125. The zero-order valence-corrected chi connectivity index (χ0v) is 16.7. The first-order chi connectivity index (χ1) is 13.7. The third kappa shape index (κ3) is 4.55. The molecule has 8 heteroatoms. The van der Waals surface area contributed by atoms with E-state index in [-0.39, 0.29) is 11.7 Å². The SMILES string of the molecule is CC(=O)NC(C)(C)C(O)Oc1cccc2ncnc(Nc3ccc(O)c(C)c3)c12. The Balaban J connectivity index is 1.98. The quantitative estimate of drug-likeness (QED) is 0.374. The van der Waals surface area contributed by atoms with Gasteiger partial charge in [-0.1, -0.05) is 6.07 Å². The smallest absolute Gasteiger partial charge is 0.220 e. The largest absolute Gasteiger partial charge is 0.508 e. The predicted molar refractivity (Wildman–Crippen MR) is 110 cm³/mol. The van der Waals surface area contributed by atoms with Crippen LogP contribution in [0, 0.1) is 6.92 Å². The molecule has 0 saturated heterocycles. The minimum atomic E-state index is -1.30. The van der Waals surface area contributed by atoms with Crippen molar-refractivity contribution in [3.05, 3.63) is 48.3 Å². The number of rotatable bonds is 6. The highest BCUT2D eigenvalue weighted by atomic mass is 16.6.